The molecular formula is C8H17NO2. The van der Waals surface area contributed by atoms with E-state index in [1.165, 1.54) is 0 Å². The third kappa shape index (κ3) is 5.85. The van der Waals surface area contributed by atoms with Gasteiger partial charge in [-0.25, -0.2) is 0 Å². The summed E-state index contributed by atoms with van der Waals surface area (Å²) in [5, 5.41) is 11.6. The van der Waals surface area contributed by atoms with Crippen molar-refractivity contribution >= 4 is 5.91 Å². The molecule has 0 aliphatic carbocycles. The molecule has 0 rings (SSSR count). The summed E-state index contributed by atoms with van der Waals surface area (Å²) in [4.78, 5) is 10.9. The van der Waals surface area contributed by atoms with Gasteiger partial charge >= 0.3 is 0 Å². The molecule has 0 aromatic heterocycles. The fraction of sp³-hybridized carbons (Fsp3) is 0.875. The van der Waals surface area contributed by atoms with E-state index in [4.69, 9.17) is 5.11 Å². The molecule has 0 radical (unpaired) electrons. The average molecular weight is 159 g/mol. The molecular weight excluding hydrogens is 142 g/mol. The molecule has 0 aliphatic heterocycles. The molecule has 3 nitrogen and oxygen atoms in total. The summed E-state index contributed by atoms with van der Waals surface area (Å²) in [6, 6.07) is 0. The highest BCUT2D eigenvalue weighted by Crippen LogP contribution is 1.91. The van der Waals surface area contributed by atoms with E-state index in [1.807, 2.05) is 13.8 Å². The Hall–Kier alpha value is -0.570. The molecule has 0 aromatic carbocycles. The molecule has 11 heavy (non-hydrogen) atoms. The molecule has 0 heterocycles. The maximum Gasteiger partial charge on any atom is 0.222 e. The Morgan fingerprint density at radius 3 is 2.36 bits per heavy atom. The predicted molar refractivity (Wildman–Crippen MR) is 44.1 cm³/mol. The lowest BCUT2D eigenvalue weighted by Gasteiger charge is -2.08. The number of rotatable bonds is 4. The van der Waals surface area contributed by atoms with Crippen LogP contribution < -0.4 is 5.32 Å². The maximum atomic E-state index is 10.9. The Balaban J connectivity index is 3.32. The standard InChI is InChI=1S/C8H17NO2/c1-6(2)8(11)9-5-4-7(3)10/h6-7,10H,4-5H2,1-3H3,(H,9,11)/t7-/m1/s1. The van der Waals surface area contributed by atoms with Crippen LogP contribution in [0, 0.1) is 5.92 Å². The first-order chi connectivity index (χ1) is 5.04. The molecule has 0 saturated carbocycles. The highest BCUT2D eigenvalue weighted by atomic mass is 16.3. The quantitative estimate of drug-likeness (QED) is 0.628. The monoisotopic (exact) mass is 159 g/mol. The van der Waals surface area contributed by atoms with Gasteiger partial charge in [-0.1, -0.05) is 13.8 Å². The zero-order valence-electron chi connectivity index (χ0n) is 7.42. The van der Waals surface area contributed by atoms with Gasteiger partial charge in [0.1, 0.15) is 0 Å². The molecule has 3 heteroatoms. The smallest absolute Gasteiger partial charge is 0.222 e. The van der Waals surface area contributed by atoms with Crippen molar-refractivity contribution in [1.82, 2.24) is 5.32 Å². The van der Waals surface area contributed by atoms with Crippen LogP contribution >= 0.6 is 0 Å². The van der Waals surface area contributed by atoms with E-state index in [0.29, 0.717) is 13.0 Å². The lowest BCUT2D eigenvalue weighted by Crippen LogP contribution is -2.29. The topological polar surface area (TPSA) is 49.3 Å². The number of nitrogens with one attached hydrogen (secondary N) is 1. The lowest BCUT2D eigenvalue weighted by molar-refractivity contribution is -0.124. The zero-order valence-corrected chi connectivity index (χ0v) is 7.42. The van der Waals surface area contributed by atoms with Crippen LogP contribution in [0.4, 0.5) is 0 Å². The van der Waals surface area contributed by atoms with E-state index in [2.05, 4.69) is 5.32 Å². The molecule has 0 aliphatic rings. The maximum absolute atomic E-state index is 10.9. The van der Waals surface area contributed by atoms with Crippen LogP contribution in [0.25, 0.3) is 0 Å². The van der Waals surface area contributed by atoms with Gasteiger partial charge in [0, 0.05) is 12.5 Å². The SMILES string of the molecule is CC(C)C(=O)NCC[C@@H](C)O. The molecule has 0 fully saturated rings. The van der Waals surface area contributed by atoms with Gasteiger partial charge in [0.25, 0.3) is 0 Å². The summed E-state index contributed by atoms with van der Waals surface area (Å²) in [6.07, 6.45) is 0.292. The molecule has 0 spiro atoms. The van der Waals surface area contributed by atoms with E-state index in [9.17, 15) is 4.79 Å². The summed E-state index contributed by atoms with van der Waals surface area (Å²) >= 11 is 0. The number of aliphatic hydroxyl groups is 1. The molecule has 2 N–H and O–H groups in total. The summed E-state index contributed by atoms with van der Waals surface area (Å²) in [5.74, 6) is 0.0784. The van der Waals surface area contributed by atoms with Crippen LogP contribution in [-0.4, -0.2) is 23.7 Å². The normalized spacial score (nSPS) is 13.2. The third-order valence-electron chi connectivity index (χ3n) is 1.39. The Morgan fingerprint density at radius 1 is 1.45 bits per heavy atom. The number of amides is 1. The van der Waals surface area contributed by atoms with Crippen molar-refractivity contribution in [3.8, 4) is 0 Å². The van der Waals surface area contributed by atoms with Gasteiger partial charge in [-0.15, -0.1) is 0 Å². The first kappa shape index (κ1) is 10.4. The van der Waals surface area contributed by atoms with Crippen LogP contribution in [0.5, 0.6) is 0 Å². The summed E-state index contributed by atoms with van der Waals surface area (Å²) in [7, 11) is 0. The van der Waals surface area contributed by atoms with E-state index >= 15 is 0 Å². The van der Waals surface area contributed by atoms with Gasteiger partial charge in [-0.2, -0.15) is 0 Å². The minimum atomic E-state index is -0.331. The Labute approximate surface area is 67.8 Å². The van der Waals surface area contributed by atoms with Gasteiger partial charge in [0.05, 0.1) is 6.10 Å². The van der Waals surface area contributed by atoms with Crippen LogP contribution in [0.2, 0.25) is 0 Å². The van der Waals surface area contributed by atoms with Crippen molar-refractivity contribution in [1.29, 1.82) is 0 Å². The van der Waals surface area contributed by atoms with Crippen LogP contribution in [0.3, 0.4) is 0 Å². The van der Waals surface area contributed by atoms with Crippen LogP contribution in [0.15, 0.2) is 0 Å². The molecule has 0 unspecified atom stereocenters. The lowest BCUT2D eigenvalue weighted by atomic mass is 10.2. The van der Waals surface area contributed by atoms with Gasteiger partial charge in [-0.05, 0) is 13.3 Å². The van der Waals surface area contributed by atoms with Crippen molar-refractivity contribution < 1.29 is 9.90 Å². The number of aliphatic hydroxyl groups excluding tert-OH is 1. The van der Waals surface area contributed by atoms with E-state index in [1.54, 1.807) is 6.92 Å². The fourth-order valence-electron chi connectivity index (χ4n) is 0.608. The summed E-state index contributed by atoms with van der Waals surface area (Å²) in [5.41, 5.74) is 0. The molecule has 0 bridgehead atoms. The number of hydrogen-bond acceptors (Lipinski definition) is 2. The van der Waals surface area contributed by atoms with Crippen molar-refractivity contribution in [3.05, 3.63) is 0 Å². The van der Waals surface area contributed by atoms with Crippen molar-refractivity contribution in [2.75, 3.05) is 6.54 Å². The second-order valence-corrected chi connectivity index (χ2v) is 3.08. The first-order valence-electron chi connectivity index (χ1n) is 3.99. The van der Waals surface area contributed by atoms with Crippen molar-refractivity contribution in [2.24, 2.45) is 5.92 Å². The van der Waals surface area contributed by atoms with E-state index in [0.717, 1.165) is 0 Å². The zero-order chi connectivity index (χ0) is 8.85. The predicted octanol–water partition coefficient (Wildman–Crippen LogP) is 0.529. The van der Waals surface area contributed by atoms with Gasteiger partial charge in [0.2, 0.25) is 5.91 Å². The average Bonchev–Trinajstić information content (AvgIpc) is 1.86. The summed E-state index contributed by atoms with van der Waals surface area (Å²) in [6.45, 7) is 5.96. The number of carbonyl (C=O) groups excluding carboxylic acids is 1. The highest BCUT2D eigenvalue weighted by molar-refractivity contribution is 5.77. The first-order valence-corrected chi connectivity index (χ1v) is 3.99. The van der Waals surface area contributed by atoms with E-state index in [-0.39, 0.29) is 17.9 Å². The Kier molecular flexibility index (Phi) is 4.86. The molecule has 1 atom stereocenters. The largest absolute Gasteiger partial charge is 0.393 e. The molecule has 1 amide bonds. The fourth-order valence-corrected chi connectivity index (χ4v) is 0.608. The number of carbonyl (C=O) groups is 1. The highest BCUT2D eigenvalue weighted by Gasteiger charge is 2.05. The molecule has 0 aromatic rings. The van der Waals surface area contributed by atoms with Crippen molar-refractivity contribution in [2.45, 2.75) is 33.3 Å². The van der Waals surface area contributed by atoms with Crippen LogP contribution in [0.1, 0.15) is 27.2 Å². The molecule has 0 saturated heterocycles. The van der Waals surface area contributed by atoms with E-state index < -0.39 is 0 Å². The molecule has 66 valence electrons. The Bertz CT molecular complexity index is 121. The second kappa shape index (κ2) is 5.13. The second-order valence-electron chi connectivity index (χ2n) is 3.08. The van der Waals surface area contributed by atoms with Gasteiger partial charge < -0.3 is 10.4 Å². The van der Waals surface area contributed by atoms with Gasteiger partial charge in [0.15, 0.2) is 0 Å². The van der Waals surface area contributed by atoms with Crippen LogP contribution in [-0.2, 0) is 4.79 Å². The van der Waals surface area contributed by atoms with Gasteiger partial charge in [-0.3, -0.25) is 4.79 Å². The van der Waals surface area contributed by atoms with Crippen molar-refractivity contribution in [3.63, 3.8) is 0 Å². The Morgan fingerprint density at radius 2 is 2.00 bits per heavy atom. The minimum Gasteiger partial charge on any atom is -0.393 e. The third-order valence-corrected chi connectivity index (χ3v) is 1.39. The number of hydrogen-bond donors (Lipinski definition) is 2. The minimum absolute atomic E-state index is 0.0315. The summed E-state index contributed by atoms with van der Waals surface area (Å²) < 4.78 is 0.